The van der Waals surface area contributed by atoms with Crippen molar-refractivity contribution in [2.24, 2.45) is 0 Å². The van der Waals surface area contributed by atoms with Gasteiger partial charge in [-0.25, -0.2) is 4.98 Å². The lowest BCUT2D eigenvalue weighted by molar-refractivity contribution is 0.953. The molecule has 0 unspecified atom stereocenters. The van der Waals surface area contributed by atoms with Crippen LogP contribution in [0.5, 0.6) is 0 Å². The highest BCUT2D eigenvalue weighted by molar-refractivity contribution is 6.24. The van der Waals surface area contributed by atoms with Crippen LogP contribution in [0.4, 0.5) is 0 Å². The lowest BCUT2D eigenvalue weighted by Gasteiger charge is -2.17. The number of rotatable bonds is 7. The van der Waals surface area contributed by atoms with Crippen molar-refractivity contribution < 1.29 is 13.7 Å². The minimum Gasteiger partial charge on any atom is -0.307 e. The van der Waals surface area contributed by atoms with Gasteiger partial charge in [0.25, 0.3) is 0 Å². The zero-order chi connectivity index (χ0) is 52.3. The number of nitrogens with zero attached hydrogens (tertiary/aromatic N) is 5. The van der Waals surface area contributed by atoms with Crippen LogP contribution in [0.3, 0.4) is 0 Å². The largest absolute Gasteiger partial charge is 0.307 e. The number of para-hydroxylation sites is 2. The summed E-state index contributed by atoms with van der Waals surface area (Å²) in [6.07, 6.45) is 0. The molecule has 0 saturated heterocycles. The molecule has 0 atom stereocenters. The zero-order valence-corrected chi connectivity index (χ0v) is 35.0. The molecule has 13 rings (SSSR count). The van der Waals surface area contributed by atoms with Crippen LogP contribution in [0.2, 0.25) is 0 Å². The van der Waals surface area contributed by atoms with Gasteiger partial charge in [-0.1, -0.05) is 206 Å². The van der Waals surface area contributed by atoms with Crippen molar-refractivity contribution in [2.75, 3.05) is 0 Å². The van der Waals surface area contributed by atoms with Gasteiger partial charge in [0.2, 0.25) is 5.95 Å². The molecule has 0 saturated carbocycles. The van der Waals surface area contributed by atoms with E-state index in [1.54, 1.807) is 18.2 Å². The number of hydrogen-bond donors (Lipinski definition) is 0. The first-order chi connectivity index (χ1) is 36.9. The number of aromatic nitrogens is 5. The van der Waals surface area contributed by atoms with Gasteiger partial charge in [0.15, 0.2) is 11.6 Å². The van der Waals surface area contributed by atoms with Gasteiger partial charge < -0.3 is 4.57 Å². The first-order valence-corrected chi connectivity index (χ1v) is 21.5. The standard InChI is InChI=1S/C61H39N5/c1-4-17-40(18-5-1)47-33-34-49(42-20-6-2-7-21-42)56(39-47)65-54-29-14-12-27-50(54)52-35-36-53-51-28-13-15-30-55(51)66(58(53)57(52)65)61-63-59(43-22-8-3-9-23-43)62-60(64-61)48-26-16-25-45(38-48)46-32-31-41-19-10-11-24-44(41)37-46/h1-39H/i1D,2D,4D,5D,6D,7D,17D,18D,20D,21D. The molecule has 10 aromatic carbocycles. The molecule has 0 N–H and O–H groups in total. The van der Waals surface area contributed by atoms with Crippen LogP contribution in [0, 0.1) is 0 Å². The average Bonchev–Trinajstić information content (AvgIpc) is 4.16. The Bertz CT molecular complexity index is 4550. The Morgan fingerprint density at radius 3 is 1.62 bits per heavy atom. The van der Waals surface area contributed by atoms with Crippen molar-refractivity contribution >= 4 is 54.4 Å². The third kappa shape index (κ3) is 6.21. The van der Waals surface area contributed by atoms with Gasteiger partial charge in [-0.05, 0) is 68.9 Å². The Morgan fingerprint density at radius 2 is 0.879 bits per heavy atom. The summed E-state index contributed by atoms with van der Waals surface area (Å²) in [5, 5.41) is 5.60. The maximum absolute atomic E-state index is 9.27. The molecule has 0 aliphatic carbocycles. The van der Waals surface area contributed by atoms with E-state index in [4.69, 9.17) is 25.9 Å². The first kappa shape index (κ1) is 28.7. The van der Waals surface area contributed by atoms with E-state index in [0.29, 0.717) is 39.8 Å². The van der Waals surface area contributed by atoms with Crippen LogP contribution in [-0.4, -0.2) is 24.1 Å². The molecule has 308 valence electrons. The summed E-state index contributed by atoms with van der Waals surface area (Å²) in [4.78, 5) is 15.8. The molecule has 5 nitrogen and oxygen atoms in total. The fourth-order valence-electron chi connectivity index (χ4n) is 9.34. The number of hydrogen-bond acceptors (Lipinski definition) is 3. The quantitative estimate of drug-likeness (QED) is 0.160. The van der Waals surface area contributed by atoms with Crippen LogP contribution in [-0.2, 0) is 0 Å². The molecular weight excluding hydrogens is 803 g/mol. The number of fused-ring (bicyclic) bond motifs is 8. The lowest BCUT2D eigenvalue weighted by Crippen LogP contribution is -2.07. The molecule has 0 amide bonds. The highest BCUT2D eigenvalue weighted by Gasteiger charge is 2.25. The average molecular weight is 852 g/mol. The van der Waals surface area contributed by atoms with E-state index in [1.165, 1.54) is 0 Å². The molecule has 0 aliphatic heterocycles. The maximum Gasteiger partial charge on any atom is 0.238 e. The van der Waals surface area contributed by atoms with Crippen molar-refractivity contribution in [3.8, 4) is 67.8 Å². The smallest absolute Gasteiger partial charge is 0.238 e. The van der Waals surface area contributed by atoms with E-state index in [0.717, 1.165) is 60.1 Å². The van der Waals surface area contributed by atoms with Gasteiger partial charge in [0, 0.05) is 38.2 Å². The molecule has 3 heterocycles. The Morgan fingerprint density at radius 1 is 0.333 bits per heavy atom. The second kappa shape index (κ2) is 15.4. The molecule has 3 aromatic heterocycles. The second-order valence-electron chi connectivity index (χ2n) is 16.1. The Labute approximate surface area is 395 Å². The summed E-state index contributed by atoms with van der Waals surface area (Å²) < 4.78 is 92.3. The van der Waals surface area contributed by atoms with Gasteiger partial charge in [0.1, 0.15) is 0 Å². The van der Waals surface area contributed by atoms with E-state index >= 15 is 0 Å². The molecule has 0 aliphatic rings. The predicted molar refractivity (Wildman–Crippen MR) is 273 cm³/mol. The van der Waals surface area contributed by atoms with E-state index in [2.05, 4.69) is 48.5 Å². The highest BCUT2D eigenvalue weighted by Crippen LogP contribution is 2.44. The van der Waals surface area contributed by atoms with E-state index < -0.39 is 60.4 Å². The normalized spacial score (nSPS) is 13.8. The topological polar surface area (TPSA) is 48.5 Å². The Kier molecular flexibility index (Phi) is 6.70. The minimum absolute atomic E-state index is 0.0595. The van der Waals surface area contributed by atoms with Crippen LogP contribution < -0.4 is 0 Å². The minimum atomic E-state index is -0.550. The number of benzene rings is 10. The highest BCUT2D eigenvalue weighted by atomic mass is 15.2. The lowest BCUT2D eigenvalue weighted by atomic mass is 9.98. The zero-order valence-electron chi connectivity index (χ0n) is 45.0. The molecule has 13 aromatic rings. The Hall–Kier alpha value is -8.93. The van der Waals surface area contributed by atoms with Crippen molar-refractivity contribution in [3.05, 3.63) is 236 Å². The summed E-state index contributed by atoms with van der Waals surface area (Å²) in [6.45, 7) is 0. The molecule has 66 heavy (non-hydrogen) atoms. The van der Waals surface area contributed by atoms with Crippen molar-refractivity contribution in [2.45, 2.75) is 0 Å². The Balaban J connectivity index is 1.16. The monoisotopic (exact) mass is 851 g/mol. The van der Waals surface area contributed by atoms with E-state index in [9.17, 15) is 2.74 Å². The van der Waals surface area contributed by atoms with Gasteiger partial charge >= 0.3 is 0 Å². The summed E-state index contributed by atoms with van der Waals surface area (Å²) >= 11 is 0. The van der Waals surface area contributed by atoms with Crippen LogP contribution in [0.25, 0.3) is 122 Å². The maximum atomic E-state index is 9.27. The summed E-state index contributed by atoms with van der Waals surface area (Å²) in [7, 11) is 0. The fraction of sp³-hybridized carbons (Fsp3) is 0. The molecule has 0 spiro atoms. The van der Waals surface area contributed by atoms with E-state index in [-0.39, 0.29) is 22.3 Å². The summed E-state index contributed by atoms with van der Waals surface area (Å²) in [6, 6.07) is 52.4. The molecule has 0 fully saturated rings. The van der Waals surface area contributed by atoms with Crippen LogP contribution in [0.15, 0.2) is 236 Å². The first-order valence-electron chi connectivity index (χ1n) is 26.5. The van der Waals surface area contributed by atoms with Crippen molar-refractivity contribution in [1.29, 1.82) is 0 Å². The summed E-state index contributed by atoms with van der Waals surface area (Å²) in [5.74, 6) is 1.18. The van der Waals surface area contributed by atoms with Gasteiger partial charge in [-0.15, -0.1) is 0 Å². The molecule has 5 heteroatoms. The van der Waals surface area contributed by atoms with Gasteiger partial charge in [0.05, 0.1) is 41.5 Å². The van der Waals surface area contributed by atoms with Gasteiger partial charge in [-0.3, -0.25) is 4.57 Å². The second-order valence-corrected chi connectivity index (χ2v) is 16.1. The van der Waals surface area contributed by atoms with Crippen molar-refractivity contribution in [3.63, 3.8) is 0 Å². The SMILES string of the molecule is [2H]c1c([2H])c([2H])c(-c2ccc(-c3c([2H])c([2H])c([2H])c([2H])c3[2H])c(-n3c4ccccc4c4ccc5c6ccccc6n(-c6nc(-c7ccccc7)nc(-c7cccc(-c8ccc9ccccc9c8)c7)n6)c5c43)c2)c([2H])c1[2H]. The van der Waals surface area contributed by atoms with Crippen LogP contribution >= 0.6 is 0 Å². The summed E-state index contributed by atoms with van der Waals surface area (Å²) in [5.41, 5.74) is 7.02. The predicted octanol–water partition coefficient (Wildman–Crippen LogP) is 15.6. The third-order valence-electron chi connectivity index (χ3n) is 12.3. The molecular formula is C61H39N5. The molecule has 0 radical (unpaired) electrons. The van der Waals surface area contributed by atoms with Crippen LogP contribution in [0.1, 0.15) is 13.7 Å². The van der Waals surface area contributed by atoms with Crippen molar-refractivity contribution in [1.82, 2.24) is 24.1 Å². The molecule has 0 bridgehead atoms. The fourth-order valence-corrected chi connectivity index (χ4v) is 9.34. The van der Waals surface area contributed by atoms with Gasteiger partial charge in [-0.2, -0.15) is 9.97 Å². The third-order valence-corrected chi connectivity index (χ3v) is 12.3. The van der Waals surface area contributed by atoms with E-state index in [1.807, 2.05) is 118 Å².